The van der Waals surface area contributed by atoms with Gasteiger partial charge in [0.05, 0.1) is 5.52 Å². The molecular weight excluding hydrogens is 402 g/mol. The molecule has 0 spiro atoms. The van der Waals surface area contributed by atoms with Crippen molar-refractivity contribution in [3.05, 3.63) is 59.7 Å². The predicted octanol–water partition coefficient (Wildman–Crippen LogP) is 4.63. The lowest BCUT2D eigenvalue weighted by atomic mass is 10.1. The van der Waals surface area contributed by atoms with E-state index in [1.807, 2.05) is 58.8 Å². The summed E-state index contributed by atoms with van der Waals surface area (Å²) in [5.41, 5.74) is 2.70. The van der Waals surface area contributed by atoms with Gasteiger partial charge in [0.25, 0.3) is 5.78 Å². The number of hydrogen-bond acceptors (Lipinski definition) is 7. The maximum atomic E-state index is 6.24. The minimum atomic E-state index is 0.425. The molecular formula is C21H16ClN7O. The first-order valence-electron chi connectivity index (χ1n) is 9.64. The minimum absolute atomic E-state index is 0.425. The Morgan fingerprint density at radius 1 is 1.10 bits per heavy atom. The second-order valence-electron chi connectivity index (χ2n) is 7.43. The minimum Gasteiger partial charge on any atom is -0.420 e. The summed E-state index contributed by atoms with van der Waals surface area (Å²) in [5.74, 6) is 2.95. The lowest BCUT2D eigenvalue weighted by Gasteiger charge is -2.21. The largest absolute Gasteiger partial charge is 0.420 e. The van der Waals surface area contributed by atoms with Crippen LogP contribution in [0.15, 0.2) is 53.2 Å². The molecule has 3 aromatic heterocycles. The van der Waals surface area contributed by atoms with Crippen LogP contribution in [0.2, 0.25) is 5.02 Å². The molecule has 0 amide bonds. The molecule has 9 heteroatoms. The summed E-state index contributed by atoms with van der Waals surface area (Å²) < 4.78 is 7.70. The van der Waals surface area contributed by atoms with E-state index in [0.29, 0.717) is 22.6 Å². The summed E-state index contributed by atoms with van der Waals surface area (Å²) in [4.78, 5) is 6.73. The van der Waals surface area contributed by atoms with Gasteiger partial charge in [-0.3, -0.25) is 4.40 Å². The molecule has 6 rings (SSSR count). The van der Waals surface area contributed by atoms with Gasteiger partial charge in [-0.1, -0.05) is 17.7 Å². The van der Waals surface area contributed by atoms with Crippen molar-refractivity contribution in [2.45, 2.75) is 18.8 Å². The highest BCUT2D eigenvalue weighted by molar-refractivity contribution is 6.31. The first-order valence-corrected chi connectivity index (χ1v) is 10.0. The molecule has 0 bridgehead atoms. The third kappa shape index (κ3) is 2.80. The number of fused-ring (bicyclic) bond motifs is 3. The smallest absolute Gasteiger partial charge is 0.257 e. The fourth-order valence-electron chi connectivity index (χ4n) is 3.60. The van der Waals surface area contributed by atoms with Gasteiger partial charge in [0, 0.05) is 34.6 Å². The van der Waals surface area contributed by atoms with Gasteiger partial charge in [-0.25, -0.2) is 0 Å². The lowest BCUT2D eigenvalue weighted by molar-refractivity contribution is 0.508. The van der Waals surface area contributed by atoms with Gasteiger partial charge in [-0.05, 0) is 49.2 Å². The fraction of sp³-hybridized carbons (Fsp3) is 0.190. The van der Waals surface area contributed by atoms with Crippen molar-refractivity contribution < 1.29 is 4.42 Å². The van der Waals surface area contributed by atoms with Gasteiger partial charge in [0.2, 0.25) is 11.8 Å². The third-order valence-electron chi connectivity index (χ3n) is 5.36. The molecule has 148 valence electrons. The first-order chi connectivity index (χ1) is 14.7. The van der Waals surface area contributed by atoms with E-state index < -0.39 is 0 Å². The molecule has 0 unspecified atom stereocenters. The van der Waals surface area contributed by atoms with E-state index in [2.05, 4.69) is 20.4 Å². The number of hydrogen-bond donors (Lipinski definition) is 0. The maximum absolute atomic E-state index is 6.24. The first kappa shape index (κ1) is 17.3. The van der Waals surface area contributed by atoms with Gasteiger partial charge in [0.1, 0.15) is 12.1 Å². The van der Waals surface area contributed by atoms with Crippen LogP contribution >= 0.6 is 11.6 Å². The van der Waals surface area contributed by atoms with Gasteiger partial charge in [-0.2, -0.15) is 4.98 Å². The van der Waals surface area contributed by atoms with E-state index in [9.17, 15) is 0 Å². The predicted molar refractivity (Wildman–Crippen MR) is 113 cm³/mol. The van der Waals surface area contributed by atoms with Crippen LogP contribution in [0.25, 0.3) is 28.1 Å². The van der Waals surface area contributed by atoms with Crippen molar-refractivity contribution in [3.63, 3.8) is 0 Å². The third-order valence-corrected chi connectivity index (χ3v) is 5.60. The second kappa shape index (κ2) is 6.50. The Balaban J connectivity index is 1.45. The lowest BCUT2D eigenvalue weighted by Crippen LogP contribution is -2.13. The molecule has 2 aromatic carbocycles. The highest BCUT2D eigenvalue weighted by atomic mass is 35.5. The van der Waals surface area contributed by atoms with Gasteiger partial charge < -0.3 is 9.32 Å². The second-order valence-corrected chi connectivity index (χ2v) is 7.86. The SMILES string of the molecule is CN(c1cccc(-c2nnc(C3CC3)o2)c1)c1nc2nncn2c2cc(Cl)ccc12. The summed E-state index contributed by atoms with van der Waals surface area (Å²) in [5, 5.41) is 18.1. The number of halogens is 1. The molecule has 30 heavy (non-hydrogen) atoms. The Morgan fingerprint density at radius 2 is 2.00 bits per heavy atom. The average molecular weight is 418 g/mol. The van der Waals surface area contributed by atoms with E-state index in [0.717, 1.165) is 46.7 Å². The fourth-order valence-corrected chi connectivity index (χ4v) is 3.76. The number of benzene rings is 2. The molecule has 0 saturated heterocycles. The van der Waals surface area contributed by atoms with Crippen LogP contribution in [0.3, 0.4) is 0 Å². The van der Waals surface area contributed by atoms with Crippen molar-refractivity contribution in [2.75, 3.05) is 11.9 Å². The van der Waals surface area contributed by atoms with Crippen LogP contribution in [-0.4, -0.2) is 36.8 Å². The van der Waals surface area contributed by atoms with Gasteiger partial charge >= 0.3 is 0 Å². The number of anilines is 2. The quantitative estimate of drug-likeness (QED) is 0.421. The Morgan fingerprint density at radius 3 is 2.87 bits per heavy atom. The Labute approximate surface area is 176 Å². The number of rotatable bonds is 4. The number of nitrogens with zero attached hydrogens (tertiary/aromatic N) is 7. The molecule has 1 fully saturated rings. The summed E-state index contributed by atoms with van der Waals surface area (Å²) in [6.07, 6.45) is 3.88. The normalized spacial score (nSPS) is 13.9. The zero-order valence-electron chi connectivity index (χ0n) is 16.0. The van der Waals surface area contributed by atoms with Crippen molar-refractivity contribution in [2.24, 2.45) is 0 Å². The molecule has 1 aliphatic rings. The molecule has 0 aliphatic heterocycles. The summed E-state index contributed by atoms with van der Waals surface area (Å²) in [7, 11) is 1.96. The van der Waals surface area contributed by atoms with Crippen LogP contribution in [0, 0.1) is 0 Å². The topological polar surface area (TPSA) is 85.2 Å². The van der Waals surface area contributed by atoms with Gasteiger partial charge in [0.15, 0.2) is 0 Å². The molecule has 1 aliphatic carbocycles. The Kier molecular flexibility index (Phi) is 3.76. The van der Waals surface area contributed by atoms with Crippen molar-refractivity contribution in [1.82, 2.24) is 29.8 Å². The maximum Gasteiger partial charge on any atom is 0.257 e. The zero-order valence-corrected chi connectivity index (χ0v) is 16.8. The standard InChI is InChI=1S/C21H16ClN7O/c1-28(15-4-2-3-13(9-15)20-26-25-19(30-20)12-5-6-12)18-16-8-7-14(22)10-17(16)29-11-23-27-21(29)24-18/h2-4,7-12H,5-6H2,1H3. The van der Waals surface area contributed by atoms with Crippen molar-refractivity contribution in [1.29, 1.82) is 0 Å². The summed E-state index contributed by atoms with van der Waals surface area (Å²) in [6.45, 7) is 0. The van der Waals surface area contributed by atoms with Crippen molar-refractivity contribution in [3.8, 4) is 11.5 Å². The molecule has 3 heterocycles. The van der Waals surface area contributed by atoms with Crippen LogP contribution in [0.4, 0.5) is 11.5 Å². The zero-order chi connectivity index (χ0) is 20.2. The van der Waals surface area contributed by atoms with Crippen LogP contribution in [0.1, 0.15) is 24.7 Å². The molecule has 8 nitrogen and oxygen atoms in total. The molecule has 1 saturated carbocycles. The average Bonchev–Trinajstić information content (AvgIpc) is 3.30. The van der Waals surface area contributed by atoms with E-state index in [1.54, 1.807) is 6.33 Å². The summed E-state index contributed by atoms with van der Waals surface area (Å²) >= 11 is 6.24. The Bertz CT molecular complexity index is 1410. The summed E-state index contributed by atoms with van der Waals surface area (Å²) in [6, 6.07) is 13.7. The van der Waals surface area contributed by atoms with E-state index >= 15 is 0 Å². The van der Waals surface area contributed by atoms with E-state index in [1.165, 1.54) is 0 Å². The molecule has 0 N–H and O–H groups in total. The van der Waals surface area contributed by atoms with Crippen molar-refractivity contribution >= 4 is 39.8 Å². The van der Waals surface area contributed by atoms with E-state index in [4.69, 9.17) is 21.0 Å². The van der Waals surface area contributed by atoms with Gasteiger partial charge in [-0.15, -0.1) is 20.4 Å². The monoisotopic (exact) mass is 417 g/mol. The highest BCUT2D eigenvalue weighted by Gasteiger charge is 2.29. The van der Waals surface area contributed by atoms with Crippen LogP contribution in [0.5, 0.6) is 0 Å². The number of aromatic nitrogens is 6. The molecule has 0 radical (unpaired) electrons. The van der Waals surface area contributed by atoms with Crippen LogP contribution in [-0.2, 0) is 0 Å². The van der Waals surface area contributed by atoms with E-state index in [-0.39, 0.29) is 0 Å². The Hall–Kier alpha value is -3.52. The van der Waals surface area contributed by atoms with Crippen LogP contribution < -0.4 is 4.90 Å². The molecule has 5 aromatic rings. The molecule has 0 atom stereocenters. The highest BCUT2D eigenvalue weighted by Crippen LogP contribution is 2.40.